The highest BCUT2D eigenvalue weighted by atomic mass is 16.5. The maximum Gasteiger partial charge on any atom is 0.238 e. The molecule has 0 aliphatic carbocycles. The standard InChI is InChI=1S/C12H25N3O2/c1-12(14-2,11(13)16)9-15(3)8-10-6-4-5-7-17-10/h10,14H,4-9H2,1-3H3,(H2,13,16). The largest absolute Gasteiger partial charge is 0.377 e. The highest BCUT2D eigenvalue weighted by molar-refractivity contribution is 5.84. The fourth-order valence-electron chi connectivity index (χ4n) is 2.18. The third kappa shape index (κ3) is 4.26. The van der Waals surface area contributed by atoms with Crippen LogP contribution in [0.15, 0.2) is 0 Å². The molecule has 3 N–H and O–H groups in total. The van der Waals surface area contributed by atoms with E-state index in [4.69, 9.17) is 10.5 Å². The zero-order chi connectivity index (χ0) is 12.9. The lowest BCUT2D eigenvalue weighted by Gasteiger charge is -2.33. The number of nitrogens with two attached hydrogens (primary N) is 1. The molecule has 0 spiro atoms. The van der Waals surface area contributed by atoms with Gasteiger partial charge in [0.25, 0.3) is 0 Å². The maximum atomic E-state index is 11.4. The van der Waals surface area contributed by atoms with Crippen molar-refractivity contribution in [1.29, 1.82) is 0 Å². The van der Waals surface area contributed by atoms with Gasteiger partial charge in [-0.1, -0.05) is 0 Å². The van der Waals surface area contributed by atoms with Crippen LogP contribution in [0.3, 0.4) is 0 Å². The molecule has 5 heteroatoms. The number of ether oxygens (including phenoxy) is 1. The summed E-state index contributed by atoms with van der Waals surface area (Å²) < 4.78 is 5.68. The lowest BCUT2D eigenvalue weighted by Crippen LogP contribution is -2.58. The molecule has 17 heavy (non-hydrogen) atoms. The number of likely N-dealkylation sites (N-methyl/N-ethyl adjacent to an activating group) is 2. The average Bonchev–Trinajstić information content (AvgIpc) is 2.29. The van der Waals surface area contributed by atoms with Crippen molar-refractivity contribution in [3.8, 4) is 0 Å². The van der Waals surface area contributed by atoms with Crippen molar-refractivity contribution in [2.45, 2.75) is 37.8 Å². The van der Waals surface area contributed by atoms with Crippen LogP contribution in [-0.4, -0.2) is 56.2 Å². The van der Waals surface area contributed by atoms with E-state index in [1.54, 1.807) is 7.05 Å². The number of carbonyl (C=O) groups is 1. The fraction of sp³-hybridized carbons (Fsp3) is 0.917. The molecule has 2 unspecified atom stereocenters. The lowest BCUT2D eigenvalue weighted by atomic mass is 10.0. The zero-order valence-electron chi connectivity index (χ0n) is 11.2. The Morgan fingerprint density at radius 1 is 1.59 bits per heavy atom. The van der Waals surface area contributed by atoms with E-state index < -0.39 is 5.54 Å². The number of hydrogen-bond acceptors (Lipinski definition) is 4. The summed E-state index contributed by atoms with van der Waals surface area (Å²) >= 11 is 0. The van der Waals surface area contributed by atoms with Crippen LogP contribution in [0, 0.1) is 0 Å². The summed E-state index contributed by atoms with van der Waals surface area (Å²) in [4.78, 5) is 13.5. The monoisotopic (exact) mass is 243 g/mol. The number of nitrogens with one attached hydrogen (secondary N) is 1. The summed E-state index contributed by atoms with van der Waals surface area (Å²) in [6.07, 6.45) is 3.80. The molecule has 1 rings (SSSR count). The van der Waals surface area contributed by atoms with Gasteiger partial charge in [0.1, 0.15) is 5.54 Å². The molecule has 0 aromatic heterocycles. The first kappa shape index (κ1) is 14.4. The van der Waals surface area contributed by atoms with Crippen molar-refractivity contribution in [2.24, 2.45) is 5.73 Å². The van der Waals surface area contributed by atoms with Crippen molar-refractivity contribution in [2.75, 3.05) is 33.8 Å². The van der Waals surface area contributed by atoms with E-state index >= 15 is 0 Å². The van der Waals surface area contributed by atoms with Gasteiger partial charge >= 0.3 is 0 Å². The average molecular weight is 243 g/mol. The van der Waals surface area contributed by atoms with Crippen molar-refractivity contribution >= 4 is 5.91 Å². The molecule has 0 radical (unpaired) electrons. The summed E-state index contributed by atoms with van der Waals surface area (Å²) in [6.45, 7) is 4.13. The van der Waals surface area contributed by atoms with Crippen LogP contribution >= 0.6 is 0 Å². The minimum atomic E-state index is -0.677. The summed E-state index contributed by atoms with van der Waals surface area (Å²) in [5.41, 5.74) is 4.73. The van der Waals surface area contributed by atoms with E-state index in [0.717, 1.165) is 26.0 Å². The SMILES string of the molecule is CNC(C)(CN(C)CC1CCCCO1)C(N)=O. The first-order valence-corrected chi connectivity index (χ1v) is 6.27. The van der Waals surface area contributed by atoms with Crippen molar-refractivity contribution in [3.63, 3.8) is 0 Å². The van der Waals surface area contributed by atoms with Crippen molar-refractivity contribution in [3.05, 3.63) is 0 Å². The third-order valence-electron chi connectivity index (χ3n) is 3.47. The maximum absolute atomic E-state index is 11.4. The molecular weight excluding hydrogens is 218 g/mol. The van der Waals surface area contributed by atoms with Crippen LogP contribution in [0.4, 0.5) is 0 Å². The molecule has 100 valence electrons. The van der Waals surface area contributed by atoms with E-state index in [0.29, 0.717) is 12.6 Å². The van der Waals surface area contributed by atoms with Gasteiger partial charge in [-0.2, -0.15) is 0 Å². The molecule has 1 fully saturated rings. The molecular formula is C12H25N3O2. The number of carbonyl (C=O) groups excluding carboxylic acids is 1. The Bertz CT molecular complexity index is 254. The quantitative estimate of drug-likeness (QED) is 0.686. The number of amides is 1. The van der Waals surface area contributed by atoms with Crippen LogP contribution in [0.1, 0.15) is 26.2 Å². The van der Waals surface area contributed by atoms with Crippen LogP contribution in [-0.2, 0) is 9.53 Å². The van der Waals surface area contributed by atoms with E-state index in [1.807, 2.05) is 14.0 Å². The molecule has 2 atom stereocenters. The Balaban J connectivity index is 2.41. The molecule has 1 aliphatic heterocycles. The number of rotatable bonds is 6. The minimum absolute atomic E-state index is 0.294. The minimum Gasteiger partial charge on any atom is -0.377 e. The zero-order valence-corrected chi connectivity index (χ0v) is 11.2. The Hall–Kier alpha value is -0.650. The number of primary amides is 1. The molecule has 1 amide bonds. The van der Waals surface area contributed by atoms with E-state index in [2.05, 4.69) is 10.2 Å². The van der Waals surface area contributed by atoms with Crippen molar-refractivity contribution < 1.29 is 9.53 Å². The predicted octanol–water partition coefficient (Wildman–Crippen LogP) is -0.0493. The van der Waals surface area contributed by atoms with Crippen LogP contribution in [0.5, 0.6) is 0 Å². The lowest BCUT2D eigenvalue weighted by molar-refractivity contribution is -0.124. The molecule has 0 bridgehead atoms. The first-order valence-electron chi connectivity index (χ1n) is 6.27. The highest BCUT2D eigenvalue weighted by Gasteiger charge is 2.31. The second-order valence-electron chi connectivity index (χ2n) is 5.13. The van der Waals surface area contributed by atoms with Gasteiger partial charge in [-0.05, 0) is 40.3 Å². The summed E-state index contributed by atoms with van der Waals surface area (Å²) in [5.74, 6) is -0.323. The van der Waals surface area contributed by atoms with E-state index in [9.17, 15) is 4.79 Å². The second kappa shape index (κ2) is 6.33. The second-order valence-corrected chi connectivity index (χ2v) is 5.13. The predicted molar refractivity (Wildman–Crippen MR) is 67.7 cm³/mol. The summed E-state index contributed by atoms with van der Waals surface area (Å²) in [7, 11) is 3.76. The van der Waals surface area contributed by atoms with Crippen LogP contribution in [0.25, 0.3) is 0 Å². The van der Waals surface area contributed by atoms with Gasteiger partial charge < -0.3 is 20.7 Å². The molecule has 1 saturated heterocycles. The normalized spacial score (nSPS) is 24.6. The van der Waals surface area contributed by atoms with Crippen LogP contribution in [0.2, 0.25) is 0 Å². The van der Waals surface area contributed by atoms with Gasteiger partial charge in [0.15, 0.2) is 0 Å². The van der Waals surface area contributed by atoms with Gasteiger partial charge in [0.05, 0.1) is 6.10 Å². The van der Waals surface area contributed by atoms with Gasteiger partial charge in [-0.3, -0.25) is 4.79 Å². The van der Waals surface area contributed by atoms with Gasteiger partial charge in [-0.15, -0.1) is 0 Å². The molecule has 1 aliphatic rings. The van der Waals surface area contributed by atoms with Gasteiger partial charge in [0.2, 0.25) is 5.91 Å². The van der Waals surface area contributed by atoms with Crippen molar-refractivity contribution in [1.82, 2.24) is 10.2 Å². The summed E-state index contributed by atoms with van der Waals surface area (Å²) in [6, 6.07) is 0. The Morgan fingerprint density at radius 3 is 2.76 bits per heavy atom. The number of nitrogens with zero attached hydrogens (tertiary/aromatic N) is 1. The molecule has 0 aromatic carbocycles. The van der Waals surface area contributed by atoms with E-state index in [-0.39, 0.29) is 5.91 Å². The topological polar surface area (TPSA) is 67.6 Å². The highest BCUT2D eigenvalue weighted by Crippen LogP contribution is 2.14. The smallest absolute Gasteiger partial charge is 0.238 e. The first-order chi connectivity index (χ1) is 7.98. The fourth-order valence-corrected chi connectivity index (χ4v) is 2.18. The van der Waals surface area contributed by atoms with Gasteiger partial charge in [0, 0.05) is 19.7 Å². The molecule has 1 heterocycles. The summed E-state index contributed by atoms with van der Waals surface area (Å²) in [5, 5.41) is 2.99. The van der Waals surface area contributed by atoms with Gasteiger partial charge in [-0.25, -0.2) is 0 Å². The van der Waals surface area contributed by atoms with E-state index in [1.165, 1.54) is 6.42 Å². The molecule has 5 nitrogen and oxygen atoms in total. The Kier molecular flexibility index (Phi) is 5.36. The molecule has 0 saturated carbocycles. The molecule has 0 aromatic rings. The van der Waals surface area contributed by atoms with Crippen LogP contribution < -0.4 is 11.1 Å². The Labute approximate surface area is 104 Å². The third-order valence-corrected chi connectivity index (χ3v) is 3.47. The Morgan fingerprint density at radius 2 is 2.29 bits per heavy atom. The number of hydrogen-bond donors (Lipinski definition) is 2.